The van der Waals surface area contributed by atoms with Gasteiger partial charge >= 0.3 is 0 Å². The van der Waals surface area contributed by atoms with Gasteiger partial charge in [-0.25, -0.2) is 0 Å². The van der Waals surface area contributed by atoms with Crippen molar-refractivity contribution in [2.75, 3.05) is 27.9 Å². The third kappa shape index (κ3) is 6.25. The van der Waals surface area contributed by atoms with E-state index in [1.165, 1.54) is 0 Å². The minimum atomic E-state index is 0.206. The van der Waals surface area contributed by atoms with Gasteiger partial charge in [-0.2, -0.15) is 0 Å². The van der Waals surface area contributed by atoms with Crippen molar-refractivity contribution >= 4 is 11.8 Å². The van der Waals surface area contributed by atoms with Crippen molar-refractivity contribution in [3.8, 4) is 11.5 Å². The van der Waals surface area contributed by atoms with Crippen LogP contribution >= 0.6 is 11.8 Å². The second-order valence-corrected chi connectivity index (χ2v) is 9.05. The Morgan fingerprint density at radius 2 is 2.06 bits per heavy atom. The topological polar surface area (TPSA) is 74.5 Å². The summed E-state index contributed by atoms with van der Waals surface area (Å²) in [5.41, 5.74) is 2.09. The minimum Gasteiger partial charge on any atom is -0.497 e. The molecule has 1 aliphatic rings. The average molecular weight is 470 g/mol. The van der Waals surface area contributed by atoms with Gasteiger partial charge in [-0.05, 0) is 50.2 Å². The van der Waals surface area contributed by atoms with Gasteiger partial charge in [-0.1, -0.05) is 17.8 Å². The summed E-state index contributed by atoms with van der Waals surface area (Å²) in [7, 11) is 5.44. The second kappa shape index (κ2) is 11.5. The molecule has 33 heavy (non-hydrogen) atoms. The number of hydrogen-bond donors (Lipinski definition) is 0. The molecule has 9 heteroatoms. The molecule has 1 saturated heterocycles. The van der Waals surface area contributed by atoms with Gasteiger partial charge in [0.15, 0.2) is 5.16 Å². The summed E-state index contributed by atoms with van der Waals surface area (Å²) in [6, 6.07) is 11.8. The number of nitrogens with zero attached hydrogens (tertiary/aromatic N) is 5. The number of benzene rings is 1. The maximum atomic E-state index is 5.91. The Hall–Kier alpha value is -2.62. The maximum Gasteiger partial charge on any atom is 0.191 e. The smallest absolute Gasteiger partial charge is 0.191 e. The molecule has 1 fully saturated rings. The number of pyridine rings is 1. The third-order valence-corrected chi connectivity index (χ3v) is 6.62. The zero-order valence-corrected chi connectivity index (χ0v) is 20.3. The van der Waals surface area contributed by atoms with Crippen LogP contribution in [0.15, 0.2) is 47.8 Å². The van der Waals surface area contributed by atoms with E-state index in [-0.39, 0.29) is 6.10 Å². The zero-order valence-electron chi connectivity index (χ0n) is 19.4. The van der Waals surface area contributed by atoms with E-state index in [4.69, 9.17) is 14.2 Å². The summed E-state index contributed by atoms with van der Waals surface area (Å²) in [5.74, 6) is 3.34. The normalized spacial score (nSPS) is 15.8. The Bertz CT molecular complexity index is 1020. The van der Waals surface area contributed by atoms with Crippen LogP contribution in [0, 0.1) is 0 Å². The minimum absolute atomic E-state index is 0.206. The molecule has 1 aromatic carbocycles. The number of rotatable bonds is 11. The van der Waals surface area contributed by atoms with Crippen LogP contribution in [0.3, 0.4) is 0 Å². The van der Waals surface area contributed by atoms with Gasteiger partial charge in [0.2, 0.25) is 0 Å². The number of thioether (sulfide) groups is 1. The van der Waals surface area contributed by atoms with Crippen LogP contribution in [-0.4, -0.2) is 58.6 Å². The van der Waals surface area contributed by atoms with Gasteiger partial charge in [0.25, 0.3) is 0 Å². The Balaban J connectivity index is 1.49. The lowest BCUT2D eigenvalue weighted by atomic mass is 10.1. The molecule has 0 radical (unpaired) electrons. The highest BCUT2D eigenvalue weighted by molar-refractivity contribution is 7.98. The summed E-state index contributed by atoms with van der Waals surface area (Å²) in [5, 5.41) is 9.96. The van der Waals surface area contributed by atoms with Crippen LogP contribution in [0.5, 0.6) is 11.5 Å². The van der Waals surface area contributed by atoms with Crippen molar-refractivity contribution in [2.24, 2.45) is 0 Å². The van der Waals surface area contributed by atoms with Crippen molar-refractivity contribution in [3.05, 3.63) is 59.7 Å². The molecule has 4 rings (SSSR count). The Labute approximate surface area is 199 Å². The van der Waals surface area contributed by atoms with Crippen LogP contribution < -0.4 is 9.47 Å². The average Bonchev–Trinajstić information content (AvgIpc) is 3.49. The van der Waals surface area contributed by atoms with Crippen molar-refractivity contribution in [3.63, 3.8) is 0 Å². The lowest BCUT2D eigenvalue weighted by Crippen LogP contribution is -2.23. The van der Waals surface area contributed by atoms with E-state index in [2.05, 4.69) is 31.7 Å². The molecule has 3 aromatic rings. The van der Waals surface area contributed by atoms with E-state index in [1.54, 1.807) is 26.0 Å². The highest BCUT2D eigenvalue weighted by Crippen LogP contribution is 2.27. The molecule has 8 nitrogen and oxygen atoms in total. The summed E-state index contributed by atoms with van der Waals surface area (Å²) in [4.78, 5) is 6.63. The first-order valence-electron chi connectivity index (χ1n) is 11.1. The van der Waals surface area contributed by atoms with Gasteiger partial charge in [-0.3, -0.25) is 9.88 Å². The molecule has 1 aliphatic heterocycles. The number of hydrogen-bond acceptors (Lipinski definition) is 8. The van der Waals surface area contributed by atoms with Crippen LogP contribution in [0.25, 0.3) is 0 Å². The third-order valence-electron chi connectivity index (χ3n) is 5.62. The van der Waals surface area contributed by atoms with Crippen molar-refractivity contribution in [1.82, 2.24) is 24.6 Å². The molecule has 0 bridgehead atoms. The van der Waals surface area contributed by atoms with E-state index in [1.807, 2.05) is 42.6 Å². The predicted molar refractivity (Wildman–Crippen MR) is 128 cm³/mol. The van der Waals surface area contributed by atoms with Crippen molar-refractivity contribution in [2.45, 2.75) is 49.5 Å². The summed E-state index contributed by atoms with van der Waals surface area (Å²) < 4.78 is 19.1. The van der Waals surface area contributed by atoms with Gasteiger partial charge in [0.05, 0.1) is 39.1 Å². The lowest BCUT2D eigenvalue weighted by molar-refractivity contribution is 0.0934. The Kier molecular flexibility index (Phi) is 8.20. The van der Waals surface area contributed by atoms with Gasteiger partial charge in [-0.15, -0.1) is 10.2 Å². The van der Waals surface area contributed by atoms with Crippen LogP contribution in [0.2, 0.25) is 0 Å². The zero-order chi connectivity index (χ0) is 23.0. The highest BCUT2D eigenvalue weighted by atomic mass is 32.2. The van der Waals surface area contributed by atoms with Crippen LogP contribution in [0.1, 0.15) is 29.9 Å². The molecule has 3 heterocycles. The molecule has 0 N–H and O–H groups in total. The molecule has 176 valence electrons. The standard InChI is InChI=1S/C24H31N5O3S/c1-28(14-18-13-20(30-2)9-10-22(18)31-3)16-23-26-27-24(29(23)15-21-8-6-12-32-21)33-17-19-7-4-5-11-25-19/h4-5,7,9-11,13,21H,6,8,12,14-17H2,1-3H3/t21-/m1/s1. The molecule has 2 aromatic heterocycles. The molecule has 0 amide bonds. The molecule has 0 aliphatic carbocycles. The molecular weight excluding hydrogens is 438 g/mol. The first kappa shape index (κ1) is 23.5. The highest BCUT2D eigenvalue weighted by Gasteiger charge is 2.22. The summed E-state index contributed by atoms with van der Waals surface area (Å²) >= 11 is 1.66. The predicted octanol–water partition coefficient (Wildman–Crippen LogP) is 3.79. The van der Waals surface area contributed by atoms with Gasteiger partial charge < -0.3 is 18.8 Å². The van der Waals surface area contributed by atoms with Crippen molar-refractivity contribution < 1.29 is 14.2 Å². The fraction of sp³-hybridized carbons (Fsp3) is 0.458. The quantitative estimate of drug-likeness (QED) is 0.393. The largest absolute Gasteiger partial charge is 0.497 e. The number of ether oxygens (including phenoxy) is 3. The van der Waals surface area contributed by atoms with E-state index < -0.39 is 0 Å². The molecule has 0 unspecified atom stereocenters. The molecule has 1 atom stereocenters. The second-order valence-electron chi connectivity index (χ2n) is 8.10. The maximum absolute atomic E-state index is 5.91. The first-order chi connectivity index (χ1) is 16.2. The van der Waals surface area contributed by atoms with Crippen molar-refractivity contribution in [1.29, 1.82) is 0 Å². The summed E-state index contributed by atoms with van der Waals surface area (Å²) in [6.45, 7) is 2.95. The monoisotopic (exact) mass is 469 g/mol. The van der Waals surface area contributed by atoms with Gasteiger partial charge in [0.1, 0.15) is 17.3 Å². The first-order valence-corrected chi connectivity index (χ1v) is 12.1. The Morgan fingerprint density at radius 3 is 2.79 bits per heavy atom. The fourth-order valence-corrected chi connectivity index (χ4v) is 4.82. The molecular formula is C24H31N5O3S. The van der Waals surface area contributed by atoms with Crippen LogP contribution in [0.4, 0.5) is 0 Å². The van der Waals surface area contributed by atoms with E-state index >= 15 is 0 Å². The van der Waals surface area contributed by atoms with Crippen LogP contribution in [-0.2, 0) is 30.1 Å². The Morgan fingerprint density at radius 1 is 1.15 bits per heavy atom. The SMILES string of the molecule is COc1ccc(OC)c(CN(C)Cc2nnc(SCc3ccccn3)n2C[C@H]2CCCO2)c1. The summed E-state index contributed by atoms with van der Waals surface area (Å²) in [6.07, 6.45) is 4.20. The lowest BCUT2D eigenvalue weighted by Gasteiger charge is -2.20. The van der Waals surface area contributed by atoms with E-state index in [9.17, 15) is 0 Å². The number of methoxy groups -OCH3 is 2. The van der Waals surface area contributed by atoms with E-state index in [0.29, 0.717) is 13.1 Å². The molecule has 0 saturated carbocycles. The van der Waals surface area contributed by atoms with Gasteiger partial charge in [0, 0.05) is 30.7 Å². The van der Waals surface area contributed by atoms with E-state index in [0.717, 1.165) is 65.5 Å². The molecule has 0 spiro atoms. The fourth-order valence-electron chi connectivity index (χ4n) is 3.93. The number of aromatic nitrogens is 4.